The minimum absolute atomic E-state index is 0.00781. The van der Waals surface area contributed by atoms with Gasteiger partial charge in [-0.2, -0.15) is 5.10 Å². The number of pyridine rings is 1. The molecule has 6 nitrogen and oxygen atoms in total. The number of carbonyl (C=O) groups is 1. The normalized spacial score (nSPS) is 11.2. The maximum absolute atomic E-state index is 13.4. The molecule has 0 atom stereocenters. The lowest BCUT2D eigenvalue weighted by Crippen LogP contribution is -2.22. The van der Waals surface area contributed by atoms with E-state index in [1.807, 2.05) is 30.3 Å². The fourth-order valence-corrected chi connectivity index (χ4v) is 2.76. The highest BCUT2D eigenvalue weighted by atomic mass is 19.3. The lowest BCUT2D eigenvalue weighted by atomic mass is 10.2. The second-order valence-electron chi connectivity index (χ2n) is 5.77. The molecule has 0 saturated heterocycles. The largest absolute Gasteiger partial charge is 0.469 e. The maximum atomic E-state index is 13.4. The number of hydrogen-bond acceptors (Lipinski definition) is 4. The molecule has 3 aromatic rings. The van der Waals surface area contributed by atoms with Gasteiger partial charge in [0.2, 0.25) is 0 Å². The second-order valence-corrected chi connectivity index (χ2v) is 5.77. The zero-order valence-electron chi connectivity index (χ0n) is 14.1. The molecule has 0 N–H and O–H groups in total. The smallest absolute Gasteiger partial charge is 0.307 e. The molecule has 0 aliphatic rings. The zero-order chi connectivity index (χ0) is 18.7. The van der Waals surface area contributed by atoms with Crippen molar-refractivity contribution in [1.82, 2.24) is 14.3 Å². The molecule has 0 saturated carbocycles. The van der Waals surface area contributed by atoms with Crippen LogP contribution in [0.15, 0.2) is 47.4 Å². The van der Waals surface area contributed by atoms with E-state index in [4.69, 9.17) is 0 Å². The van der Waals surface area contributed by atoms with Gasteiger partial charge in [0.15, 0.2) is 5.65 Å². The van der Waals surface area contributed by atoms with Crippen LogP contribution in [0.2, 0.25) is 0 Å². The van der Waals surface area contributed by atoms with Crippen LogP contribution in [0.25, 0.3) is 11.0 Å². The van der Waals surface area contributed by atoms with Crippen LogP contribution in [0.3, 0.4) is 0 Å². The fourth-order valence-electron chi connectivity index (χ4n) is 2.76. The first kappa shape index (κ1) is 17.8. The van der Waals surface area contributed by atoms with Gasteiger partial charge in [-0.15, -0.1) is 0 Å². The van der Waals surface area contributed by atoms with Gasteiger partial charge in [-0.05, 0) is 5.56 Å². The number of rotatable bonds is 6. The third kappa shape index (κ3) is 3.63. The molecule has 0 spiro atoms. The number of halogens is 2. The first-order valence-corrected chi connectivity index (χ1v) is 7.99. The minimum Gasteiger partial charge on any atom is -0.469 e. The number of nitrogens with zero attached hydrogens (tertiary/aromatic N) is 3. The number of esters is 1. The molecule has 26 heavy (non-hydrogen) atoms. The highest BCUT2D eigenvalue weighted by Crippen LogP contribution is 2.26. The maximum Gasteiger partial charge on any atom is 0.307 e. The van der Waals surface area contributed by atoms with E-state index < -0.39 is 18.0 Å². The van der Waals surface area contributed by atoms with E-state index in [0.717, 1.165) is 11.6 Å². The van der Waals surface area contributed by atoms with E-state index in [9.17, 15) is 18.4 Å². The average molecular weight is 361 g/mol. The number of aryl methyl sites for hydroxylation is 1. The van der Waals surface area contributed by atoms with E-state index in [2.05, 4.69) is 9.84 Å². The highest BCUT2D eigenvalue weighted by Gasteiger charge is 2.19. The molecule has 2 aromatic heterocycles. The topological polar surface area (TPSA) is 66.1 Å². The van der Waals surface area contributed by atoms with Gasteiger partial charge in [0.1, 0.15) is 0 Å². The summed E-state index contributed by atoms with van der Waals surface area (Å²) in [4.78, 5) is 23.6. The van der Waals surface area contributed by atoms with Crippen LogP contribution in [-0.4, -0.2) is 27.4 Å². The molecule has 0 aliphatic heterocycles. The number of carbonyl (C=O) groups excluding carboxylic acids is 1. The van der Waals surface area contributed by atoms with Crippen molar-refractivity contribution in [1.29, 1.82) is 0 Å². The second kappa shape index (κ2) is 7.47. The number of aromatic nitrogens is 3. The van der Waals surface area contributed by atoms with Crippen LogP contribution in [0.5, 0.6) is 0 Å². The van der Waals surface area contributed by atoms with Crippen molar-refractivity contribution in [2.24, 2.45) is 0 Å². The Hall–Kier alpha value is -3.03. The molecule has 2 heterocycles. The van der Waals surface area contributed by atoms with Crippen molar-refractivity contribution in [3.63, 3.8) is 0 Å². The molecule has 0 unspecified atom stereocenters. The molecule has 8 heteroatoms. The Morgan fingerprint density at radius 1 is 1.27 bits per heavy atom. The van der Waals surface area contributed by atoms with Crippen molar-refractivity contribution >= 4 is 17.0 Å². The van der Waals surface area contributed by atoms with E-state index >= 15 is 0 Å². The SMILES string of the molecule is COC(=O)CCn1c(=O)cc(C(F)F)c2cn(Cc3ccccc3)nc21. The van der Waals surface area contributed by atoms with Gasteiger partial charge in [0.25, 0.3) is 12.0 Å². The average Bonchev–Trinajstić information content (AvgIpc) is 3.04. The summed E-state index contributed by atoms with van der Waals surface area (Å²) in [5, 5.41) is 4.50. The molecular formula is C18H17F2N3O3. The number of fused-ring (bicyclic) bond motifs is 1. The summed E-state index contributed by atoms with van der Waals surface area (Å²) in [6.07, 6.45) is -1.35. The fraction of sp³-hybridized carbons (Fsp3) is 0.278. The van der Waals surface area contributed by atoms with Crippen LogP contribution >= 0.6 is 0 Å². The van der Waals surface area contributed by atoms with Crippen molar-refractivity contribution in [2.45, 2.75) is 25.9 Å². The standard InChI is InChI=1S/C18H17F2N3O3/c1-26-16(25)7-8-23-15(24)9-13(17(19)20)14-11-22(21-18(14)23)10-12-5-3-2-4-6-12/h2-6,9,11,17H,7-8,10H2,1H3. The van der Waals surface area contributed by atoms with E-state index in [-0.39, 0.29) is 29.6 Å². The molecule has 3 rings (SSSR count). The minimum atomic E-state index is -2.80. The van der Waals surface area contributed by atoms with Gasteiger partial charge < -0.3 is 4.74 Å². The molecule has 0 bridgehead atoms. The van der Waals surface area contributed by atoms with Crippen LogP contribution in [0, 0.1) is 0 Å². The van der Waals surface area contributed by atoms with Gasteiger partial charge in [-0.25, -0.2) is 8.78 Å². The third-order valence-electron chi connectivity index (χ3n) is 4.04. The number of alkyl halides is 2. The Labute approximate surface area is 147 Å². The number of ether oxygens (including phenoxy) is 1. The van der Waals surface area contributed by atoms with Crippen molar-refractivity contribution in [3.8, 4) is 0 Å². The van der Waals surface area contributed by atoms with Crippen molar-refractivity contribution in [3.05, 3.63) is 64.1 Å². The van der Waals surface area contributed by atoms with Crippen molar-refractivity contribution in [2.75, 3.05) is 7.11 Å². The summed E-state index contributed by atoms with van der Waals surface area (Å²) < 4.78 is 34.0. The number of methoxy groups -OCH3 is 1. The molecular weight excluding hydrogens is 344 g/mol. The predicted molar refractivity (Wildman–Crippen MR) is 91.1 cm³/mol. The van der Waals surface area contributed by atoms with Gasteiger partial charge in [0, 0.05) is 29.8 Å². The first-order valence-electron chi connectivity index (χ1n) is 7.99. The summed E-state index contributed by atoms with van der Waals surface area (Å²) in [6, 6.07) is 10.3. The summed E-state index contributed by atoms with van der Waals surface area (Å²) >= 11 is 0. The molecule has 136 valence electrons. The molecule has 1 aromatic carbocycles. The lowest BCUT2D eigenvalue weighted by molar-refractivity contribution is -0.140. The Balaban J connectivity index is 2.06. The van der Waals surface area contributed by atoms with Crippen LogP contribution in [0.4, 0.5) is 8.78 Å². The van der Waals surface area contributed by atoms with Crippen LogP contribution in [-0.2, 0) is 22.6 Å². The van der Waals surface area contributed by atoms with Crippen LogP contribution < -0.4 is 5.56 Å². The predicted octanol–water partition coefficient (Wildman–Crippen LogP) is 2.75. The summed E-state index contributed by atoms with van der Waals surface area (Å²) in [5.74, 6) is -0.494. The Morgan fingerprint density at radius 3 is 2.65 bits per heavy atom. The monoisotopic (exact) mass is 361 g/mol. The van der Waals surface area contributed by atoms with Gasteiger partial charge in [-0.3, -0.25) is 18.8 Å². The van der Waals surface area contributed by atoms with Gasteiger partial charge in [0.05, 0.1) is 20.1 Å². The van der Waals surface area contributed by atoms with Gasteiger partial charge in [-0.1, -0.05) is 30.3 Å². The van der Waals surface area contributed by atoms with Crippen molar-refractivity contribution < 1.29 is 18.3 Å². The molecule has 0 amide bonds. The highest BCUT2D eigenvalue weighted by molar-refractivity contribution is 5.79. The third-order valence-corrected chi connectivity index (χ3v) is 4.04. The lowest BCUT2D eigenvalue weighted by Gasteiger charge is -2.08. The summed E-state index contributed by atoms with van der Waals surface area (Å²) in [5.41, 5.74) is 0.0929. The number of hydrogen-bond donors (Lipinski definition) is 0. The molecule has 0 radical (unpaired) electrons. The first-order chi connectivity index (χ1) is 12.5. The molecule has 0 fully saturated rings. The molecule has 0 aliphatic carbocycles. The van der Waals surface area contributed by atoms with Gasteiger partial charge >= 0.3 is 5.97 Å². The zero-order valence-corrected chi connectivity index (χ0v) is 14.1. The Kier molecular flexibility index (Phi) is 5.11. The number of benzene rings is 1. The summed E-state index contributed by atoms with van der Waals surface area (Å²) in [7, 11) is 1.25. The van der Waals surface area contributed by atoms with E-state index in [1.54, 1.807) is 0 Å². The van der Waals surface area contributed by atoms with E-state index in [0.29, 0.717) is 6.54 Å². The quantitative estimate of drug-likeness (QED) is 0.633. The Bertz CT molecular complexity index is 981. The summed E-state index contributed by atoms with van der Waals surface area (Å²) in [6.45, 7) is 0.386. The van der Waals surface area contributed by atoms with Crippen LogP contribution in [0.1, 0.15) is 24.0 Å². The Morgan fingerprint density at radius 2 is 2.00 bits per heavy atom. The van der Waals surface area contributed by atoms with E-state index in [1.165, 1.54) is 22.6 Å².